The summed E-state index contributed by atoms with van der Waals surface area (Å²) in [6.45, 7) is 5.45. The summed E-state index contributed by atoms with van der Waals surface area (Å²) in [6.07, 6.45) is 3.73. The highest BCUT2D eigenvalue weighted by molar-refractivity contribution is 5.54. The first-order valence-electron chi connectivity index (χ1n) is 6.10. The third-order valence-corrected chi connectivity index (χ3v) is 2.91. The molecule has 0 heterocycles. The van der Waals surface area contributed by atoms with Crippen molar-refractivity contribution < 1.29 is 5.11 Å². The smallest absolute Gasteiger partial charge is 0.0702 e. The predicted octanol–water partition coefficient (Wildman–Crippen LogP) is 3.11. The second kappa shape index (κ2) is 6.54. The Morgan fingerprint density at radius 1 is 1.25 bits per heavy atom. The zero-order valence-electron chi connectivity index (χ0n) is 10.7. The second-order valence-electron chi connectivity index (χ2n) is 4.42. The molecule has 0 atom stereocenters. The molecule has 2 heteroatoms. The number of aliphatic hydroxyl groups is 1. The van der Waals surface area contributed by atoms with Crippen LogP contribution in [0.15, 0.2) is 18.2 Å². The lowest BCUT2D eigenvalue weighted by molar-refractivity contribution is 0.282. The fraction of sp³-hybridized carbons (Fsp3) is 0.571. The summed E-state index contributed by atoms with van der Waals surface area (Å²) < 4.78 is 0. The molecule has 0 spiro atoms. The summed E-state index contributed by atoms with van der Waals surface area (Å²) in [6, 6.07) is 6.27. The summed E-state index contributed by atoms with van der Waals surface area (Å²) in [4.78, 5) is 2.24. The number of aliphatic hydroxyl groups excluding tert-OH is 1. The van der Waals surface area contributed by atoms with Gasteiger partial charge in [-0.05, 0) is 19.4 Å². The van der Waals surface area contributed by atoms with Crippen LogP contribution in [-0.2, 0) is 6.61 Å². The Labute approximate surface area is 98.9 Å². The van der Waals surface area contributed by atoms with E-state index in [1.165, 1.54) is 24.8 Å². The molecule has 0 amide bonds. The Morgan fingerprint density at radius 3 is 2.62 bits per heavy atom. The van der Waals surface area contributed by atoms with E-state index in [1.807, 2.05) is 0 Å². The van der Waals surface area contributed by atoms with Crippen molar-refractivity contribution in [3.8, 4) is 0 Å². The minimum Gasteiger partial charge on any atom is -0.392 e. The van der Waals surface area contributed by atoms with Crippen LogP contribution in [0.2, 0.25) is 0 Å². The minimum atomic E-state index is 0.120. The molecule has 0 aliphatic carbocycles. The molecule has 0 bridgehead atoms. The Kier molecular flexibility index (Phi) is 5.33. The van der Waals surface area contributed by atoms with Gasteiger partial charge in [0.25, 0.3) is 0 Å². The van der Waals surface area contributed by atoms with Gasteiger partial charge in [0.1, 0.15) is 0 Å². The van der Waals surface area contributed by atoms with Gasteiger partial charge in [0.2, 0.25) is 0 Å². The topological polar surface area (TPSA) is 23.5 Å². The van der Waals surface area contributed by atoms with Crippen LogP contribution in [0.5, 0.6) is 0 Å². The summed E-state index contributed by atoms with van der Waals surface area (Å²) in [7, 11) is 2.10. The summed E-state index contributed by atoms with van der Waals surface area (Å²) in [5, 5.41) is 9.34. The van der Waals surface area contributed by atoms with Gasteiger partial charge < -0.3 is 10.0 Å². The first-order valence-corrected chi connectivity index (χ1v) is 6.10. The molecule has 0 aliphatic heterocycles. The minimum absolute atomic E-state index is 0.120. The van der Waals surface area contributed by atoms with Crippen LogP contribution in [-0.4, -0.2) is 18.7 Å². The molecule has 0 radical (unpaired) electrons. The van der Waals surface area contributed by atoms with E-state index in [0.717, 1.165) is 17.8 Å². The lowest BCUT2D eigenvalue weighted by Crippen LogP contribution is -2.20. The maximum atomic E-state index is 9.34. The van der Waals surface area contributed by atoms with E-state index in [2.05, 4.69) is 44.0 Å². The SMILES string of the molecule is CCCCCN(C)c1ccc(C)cc1CO. The van der Waals surface area contributed by atoms with E-state index in [9.17, 15) is 5.11 Å². The van der Waals surface area contributed by atoms with E-state index in [-0.39, 0.29) is 6.61 Å². The molecule has 90 valence electrons. The van der Waals surface area contributed by atoms with Crippen molar-refractivity contribution in [1.82, 2.24) is 0 Å². The van der Waals surface area contributed by atoms with E-state index >= 15 is 0 Å². The van der Waals surface area contributed by atoms with Gasteiger partial charge in [-0.15, -0.1) is 0 Å². The number of nitrogens with zero attached hydrogens (tertiary/aromatic N) is 1. The molecule has 0 fully saturated rings. The van der Waals surface area contributed by atoms with E-state index in [1.54, 1.807) is 0 Å². The quantitative estimate of drug-likeness (QED) is 0.746. The first kappa shape index (κ1) is 13.0. The van der Waals surface area contributed by atoms with E-state index in [4.69, 9.17) is 0 Å². The number of benzene rings is 1. The predicted molar refractivity (Wildman–Crippen MR) is 69.9 cm³/mol. The Morgan fingerprint density at radius 2 is 2.00 bits per heavy atom. The van der Waals surface area contributed by atoms with Crippen LogP contribution in [0.1, 0.15) is 37.3 Å². The van der Waals surface area contributed by atoms with Gasteiger partial charge in [-0.2, -0.15) is 0 Å². The van der Waals surface area contributed by atoms with Crippen molar-refractivity contribution in [2.75, 3.05) is 18.5 Å². The average molecular weight is 221 g/mol. The molecule has 0 saturated heterocycles. The highest BCUT2D eigenvalue weighted by Gasteiger charge is 2.06. The largest absolute Gasteiger partial charge is 0.392 e. The molecule has 0 aromatic heterocycles. The molecule has 0 aliphatic rings. The van der Waals surface area contributed by atoms with Crippen LogP contribution < -0.4 is 4.90 Å². The van der Waals surface area contributed by atoms with Gasteiger partial charge in [-0.1, -0.05) is 37.5 Å². The van der Waals surface area contributed by atoms with Crippen LogP contribution >= 0.6 is 0 Å². The molecule has 1 rings (SSSR count). The number of hydrogen-bond acceptors (Lipinski definition) is 2. The molecule has 0 unspecified atom stereocenters. The highest BCUT2D eigenvalue weighted by atomic mass is 16.3. The van der Waals surface area contributed by atoms with Crippen molar-refractivity contribution in [3.63, 3.8) is 0 Å². The Balaban J connectivity index is 2.70. The zero-order chi connectivity index (χ0) is 12.0. The van der Waals surface area contributed by atoms with Crippen LogP contribution in [0.4, 0.5) is 5.69 Å². The number of aryl methyl sites for hydroxylation is 1. The Hall–Kier alpha value is -1.02. The molecule has 16 heavy (non-hydrogen) atoms. The van der Waals surface area contributed by atoms with Crippen LogP contribution in [0.25, 0.3) is 0 Å². The normalized spacial score (nSPS) is 10.5. The maximum absolute atomic E-state index is 9.34. The van der Waals surface area contributed by atoms with Gasteiger partial charge in [0, 0.05) is 24.8 Å². The number of hydrogen-bond donors (Lipinski definition) is 1. The monoisotopic (exact) mass is 221 g/mol. The van der Waals surface area contributed by atoms with Gasteiger partial charge >= 0.3 is 0 Å². The van der Waals surface area contributed by atoms with Crippen molar-refractivity contribution in [2.24, 2.45) is 0 Å². The van der Waals surface area contributed by atoms with Gasteiger partial charge in [0.15, 0.2) is 0 Å². The van der Waals surface area contributed by atoms with Crippen molar-refractivity contribution >= 4 is 5.69 Å². The lowest BCUT2D eigenvalue weighted by Gasteiger charge is -2.22. The average Bonchev–Trinajstić information content (AvgIpc) is 2.29. The zero-order valence-corrected chi connectivity index (χ0v) is 10.7. The summed E-state index contributed by atoms with van der Waals surface area (Å²) >= 11 is 0. The maximum Gasteiger partial charge on any atom is 0.0702 e. The molecule has 1 aromatic rings. The first-order chi connectivity index (χ1) is 7.69. The van der Waals surface area contributed by atoms with Crippen molar-refractivity contribution in [3.05, 3.63) is 29.3 Å². The molecule has 1 N–H and O–H groups in total. The highest BCUT2D eigenvalue weighted by Crippen LogP contribution is 2.21. The van der Waals surface area contributed by atoms with Gasteiger partial charge in [0.05, 0.1) is 6.61 Å². The van der Waals surface area contributed by atoms with E-state index < -0.39 is 0 Å². The van der Waals surface area contributed by atoms with Crippen LogP contribution in [0.3, 0.4) is 0 Å². The van der Waals surface area contributed by atoms with Crippen molar-refractivity contribution in [2.45, 2.75) is 39.7 Å². The fourth-order valence-electron chi connectivity index (χ4n) is 1.93. The van der Waals surface area contributed by atoms with E-state index in [0.29, 0.717) is 0 Å². The molecular formula is C14H23NO. The molecule has 0 saturated carbocycles. The molecular weight excluding hydrogens is 198 g/mol. The lowest BCUT2D eigenvalue weighted by atomic mass is 10.1. The second-order valence-corrected chi connectivity index (χ2v) is 4.42. The standard InChI is InChI=1S/C14H23NO/c1-4-5-6-9-15(3)14-8-7-12(2)10-13(14)11-16/h7-8,10,16H,4-6,9,11H2,1-3H3. The number of rotatable bonds is 6. The Bertz CT molecular complexity index is 323. The summed E-state index contributed by atoms with van der Waals surface area (Å²) in [5.41, 5.74) is 3.39. The number of unbranched alkanes of at least 4 members (excludes halogenated alkanes) is 2. The fourth-order valence-corrected chi connectivity index (χ4v) is 1.93. The van der Waals surface area contributed by atoms with Gasteiger partial charge in [-0.3, -0.25) is 0 Å². The third-order valence-electron chi connectivity index (χ3n) is 2.91. The van der Waals surface area contributed by atoms with Gasteiger partial charge in [-0.25, -0.2) is 0 Å². The molecule has 2 nitrogen and oxygen atoms in total. The number of anilines is 1. The van der Waals surface area contributed by atoms with Crippen LogP contribution in [0, 0.1) is 6.92 Å². The van der Waals surface area contributed by atoms with Crippen molar-refractivity contribution in [1.29, 1.82) is 0 Å². The third kappa shape index (κ3) is 3.53. The summed E-state index contributed by atoms with van der Waals surface area (Å²) in [5.74, 6) is 0. The molecule has 1 aromatic carbocycles.